The number of nitrogens with zero attached hydrogens (tertiary/aromatic N) is 5. The molecule has 14 heteroatoms. The Labute approximate surface area is 218 Å². The molecular weight excluding hydrogens is 531 g/mol. The maximum absolute atomic E-state index is 13.7. The van der Waals surface area contributed by atoms with Crippen LogP contribution in [0.2, 0.25) is 5.02 Å². The zero-order valence-electron chi connectivity index (χ0n) is 20.3. The summed E-state index contributed by atoms with van der Waals surface area (Å²) in [6, 6.07) is 0.900. The van der Waals surface area contributed by atoms with Crippen molar-refractivity contribution in [3.05, 3.63) is 44.9 Å². The topological polar surface area (TPSA) is 121 Å². The molecule has 4 aromatic rings. The van der Waals surface area contributed by atoms with Crippen molar-refractivity contribution in [3.8, 4) is 11.1 Å². The number of anilines is 1. The van der Waals surface area contributed by atoms with Crippen molar-refractivity contribution in [2.45, 2.75) is 53.4 Å². The number of nitrogens with one attached hydrogen (secondary N) is 1. The van der Waals surface area contributed by atoms with Crippen LogP contribution >= 0.6 is 22.9 Å². The number of carbonyl (C=O) groups excluding carboxylic acids is 2. The van der Waals surface area contributed by atoms with Crippen molar-refractivity contribution in [1.29, 1.82) is 0 Å². The number of halogens is 4. The zero-order chi connectivity index (χ0) is 27.2. The number of hydrogen-bond acceptors (Lipinski definition) is 6. The molecule has 4 rings (SSSR count). The fourth-order valence-corrected chi connectivity index (χ4v) is 5.22. The average Bonchev–Trinajstić information content (AvgIpc) is 3.46. The van der Waals surface area contributed by atoms with Gasteiger partial charge in [-0.2, -0.15) is 23.4 Å². The number of thiophene rings is 1. The molecule has 0 fully saturated rings. The predicted octanol–water partition coefficient (Wildman–Crippen LogP) is 5.10. The fourth-order valence-electron chi connectivity index (χ4n) is 4.08. The molecular formula is C23H23ClF3N7O2S. The Morgan fingerprint density at radius 2 is 1.86 bits per heavy atom. The van der Waals surface area contributed by atoms with Crippen molar-refractivity contribution in [2.75, 3.05) is 5.32 Å². The number of primary amides is 1. The molecule has 4 aromatic heterocycles. The second kappa shape index (κ2) is 9.78. The van der Waals surface area contributed by atoms with E-state index < -0.39 is 23.7 Å². The monoisotopic (exact) mass is 553 g/mol. The summed E-state index contributed by atoms with van der Waals surface area (Å²) in [6.07, 6.45) is -3.32. The van der Waals surface area contributed by atoms with Crippen LogP contribution in [0.25, 0.3) is 21.3 Å². The second-order valence-electron chi connectivity index (χ2n) is 8.37. The third kappa shape index (κ3) is 4.92. The molecule has 4 heterocycles. The number of fused-ring (bicyclic) bond motifs is 1. The lowest BCUT2D eigenvalue weighted by atomic mass is 10.0. The van der Waals surface area contributed by atoms with Gasteiger partial charge < -0.3 is 11.1 Å². The first-order valence-corrected chi connectivity index (χ1v) is 12.4. The van der Waals surface area contributed by atoms with E-state index in [0.717, 1.165) is 6.07 Å². The van der Waals surface area contributed by atoms with Crippen LogP contribution in [0.15, 0.2) is 12.3 Å². The van der Waals surface area contributed by atoms with E-state index in [1.807, 2.05) is 6.92 Å². The first-order chi connectivity index (χ1) is 17.3. The van der Waals surface area contributed by atoms with Gasteiger partial charge in [-0.1, -0.05) is 11.6 Å². The molecule has 0 aliphatic heterocycles. The van der Waals surface area contributed by atoms with Gasteiger partial charge in [0.05, 0.1) is 34.8 Å². The van der Waals surface area contributed by atoms with E-state index in [1.54, 1.807) is 30.1 Å². The molecule has 0 aliphatic rings. The van der Waals surface area contributed by atoms with E-state index in [9.17, 15) is 22.8 Å². The molecule has 2 amide bonds. The predicted molar refractivity (Wildman–Crippen MR) is 135 cm³/mol. The number of aromatic nitrogens is 5. The molecule has 0 radical (unpaired) electrons. The molecule has 0 unspecified atom stereocenters. The van der Waals surface area contributed by atoms with Crippen molar-refractivity contribution in [3.63, 3.8) is 0 Å². The van der Waals surface area contributed by atoms with E-state index in [2.05, 4.69) is 20.5 Å². The van der Waals surface area contributed by atoms with Gasteiger partial charge in [0.1, 0.15) is 15.4 Å². The van der Waals surface area contributed by atoms with E-state index in [1.165, 1.54) is 6.20 Å². The second-order valence-corrected chi connectivity index (χ2v) is 9.75. The summed E-state index contributed by atoms with van der Waals surface area (Å²) in [4.78, 5) is 28.8. The number of aryl methyl sites for hydroxylation is 3. The molecule has 0 saturated carbocycles. The van der Waals surface area contributed by atoms with Gasteiger partial charge in [-0.15, -0.1) is 11.3 Å². The lowest BCUT2D eigenvalue weighted by molar-refractivity contribution is -0.140. The summed E-state index contributed by atoms with van der Waals surface area (Å²) >= 11 is 6.86. The molecule has 9 nitrogen and oxygen atoms in total. The van der Waals surface area contributed by atoms with Crippen LogP contribution in [0.3, 0.4) is 0 Å². The van der Waals surface area contributed by atoms with Crippen LogP contribution in [-0.2, 0) is 24.1 Å². The molecule has 0 bridgehead atoms. The Balaban J connectivity index is 1.83. The lowest BCUT2D eigenvalue weighted by Gasteiger charge is -2.12. The number of amides is 2. The number of rotatable bonds is 7. The van der Waals surface area contributed by atoms with Gasteiger partial charge in [0, 0.05) is 29.6 Å². The SMILES string of the molecule is CCn1ncc(-c2cc(C(F)(F)F)nc3sc(C(N)=O)c(NC(=O)CCn4nc(C)c(Cl)c4C)c23)c1C. The molecule has 3 N–H and O–H groups in total. The average molecular weight is 554 g/mol. The summed E-state index contributed by atoms with van der Waals surface area (Å²) in [6.45, 7) is 7.80. The molecule has 0 aliphatic carbocycles. The van der Waals surface area contributed by atoms with E-state index >= 15 is 0 Å². The van der Waals surface area contributed by atoms with Crippen LogP contribution < -0.4 is 11.1 Å². The fraction of sp³-hybridized carbons (Fsp3) is 0.348. The Morgan fingerprint density at radius 3 is 2.41 bits per heavy atom. The van der Waals surface area contributed by atoms with Gasteiger partial charge >= 0.3 is 6.18 Å². The summed E-state index contributed by atoms with van der Waals surface area (Å²) in [5, 5.41) is 11.9. The quantitative estimate of drug-likeness (QED) is 0.330. The lowest BCUT2D eigenvalue weighted by Crippen LogP contribution is -2.18. The molecule has 0 atom stereocenters. The minimum absolute atomic E-state index is 0.0174. The Bertz CT molecular complexity index is 1540. The maximum atomic E-state index is 13.7. The minimum atomic E-state index is -4.74. The number of nitrogens with two attached hydrogens (primary N) is 1. The third-order valence-corrected chi connectivity index (χ3v) is 7.62. The summed E-state index contributed by atoms with van der Waals surface area (Å²) < 4.78 is 44.4. The summed E-state index contributed by atoms with van der Waals surface area (Å²) in [5.74, 6) is -1.39. The Hall–Kier alpha value is -3.45. The maximum Gasteiger partial charge on any atom is 0.433 e. The number of alkyl halides is 3. The highest BCUT2D eigenvalue weighted by Crippen LogP contribution is 2.44. The summed E-state index contributed by atoms with van der Waals surface area (Å²) in [7, 11) is 0. The van der Waals surface area contributed by atoms with Gasteiger partial charge in [0.25, 0.3) is 5.91 Å². The largest absolute Gasteiger partial charge is 0.433 e. The van der Waals surface area contributed by atoms with Gasteiger partial charge in [-0.3, -0.25) is 19.0 Å². The van der Waals surface area contributed by atoms with Gasteiger partial charge in [0.2, 0.25) is 5.91 Å². The van der Waals surface area contributed by atoms with Crippen molar-refractivity contribution in [1.82, 2.24) is 24.5 Å². The first kappa shape index (κ1) is 26.6. The molecule has 0 spiro atoms. The molecule has 0 saturated heterocycles. The van der Waals surface area contributed by atoms with Crippen LogP contribution in [-0.4, -0.2) is 36.4 Å². The highest BCUT2D eigenvalue weighted by atomic mass is 35.5. The molecule has 0 aromatic carbocycles. The standard InChI is InChI=1S/C23H23ClF3N7O2S/c1-5-33-11(3)14(9-29-33)13-8-15(23(25,26)27)30-22-17(13)19(20(37-22)21(28)36)31-16(35)6-7-34-12(4)18(24)10(2)32-34/h8-9H,5-7H2,1-4H3,(H2,28,36)(H,31,35). The van der Waals surface area contributed by atoms with E-state index in [0.29, 0.717) is 45.5 Å². The third-order valence-electron chi connectivity index (χ3n) is 5.98. The van der Waals surface area contributed by atoms with Gasteiger partial charge in [-0.05, 0) is 39.3 Å². The van der Waals surface area contributed by atoms with Crippen LogP contribution in [0.5, 0.6) is 0 Å². The zero-order valence-corrected chi connectivity index (χ0v) is 21.9. The van der Waals surface area contributed by atoms with E-state index in [4.69, 9.17) is 17.3 Å². The Kier molecular flexibility index (Phi) is 7.04. The van der Waals surface area contributed by atoms with Crippen molar-refractivity contribution in [2.24, 2.45) is 5.73 Å². The molecule has 196 valence electrons. The van der Waals surface area contributed by atoms with Gasteiger partial charge in [0.15, 0.2) is 0 Å². The smallest absolute Gasteiger partial charge is 0.365 e. The van der Waals surface area contributed by atoms with Crippen LogP contribution in [0, 0.1) is 20.8 Å². The summed E-state index contributed by atoms with van der Waals surface area (Å²) in [5.41, 5.74) is 6.93. The molecule has 37 heavy (non-hydrogen) atoms. The van der Waals surface area contributed by atoms with Crippen LogP contribution in [0.1, 0.15) is 45.8 Å². The Morgan fingerprint density at radius 1 is 1.16 bits per heavy atom. The number of pyridine rings is 1. The normalized spacial score (nSPS) is 11.9. The van der Waals surface area contributed by atoms with Crippen molar-refractivity contribution >= 4 is 50.7 Å². The van der Waals surface area contributed by atoms with Crippen molar-refractivity contribution < 1.29 is 22.8 Å². The number of hydrogen-bond donors (Lipinski definition) is 2. The highest BCUT2D eigenvalue weighted by molar-refractivity contribution is 7.21. The highest BCUT2D eigenvalue weighted by Gasteiger charge is 2.35. The number of carbonyl (C=O) groups is 2. The van der Waals surface area contributed by atoms with Gasteiger partial charge in [-0.25, -0.2) is 4.98 Å². The first-order valence-electron chi connectivity index (χ1n) is 11.2. The minimum Gasteiger partial charge on any atom is -0.365 e. The van der Waals surface area contributed by atoms with E-state index in [-0.39, 0.29) is 39.3 Å². The van der Waals surface area contributed by atoms with Crippen LogP contribution in [0.4, 0.5) is 18.9 Å².